The molecule has 0 aliphatic carbocycles. The quantitative estimate of drug-likeness (QED) is 0.603. The molecule has 4 heterocycles. The van der Waals surface area contributed by atoms with E-state index < -0.39 is 0 Å². The van der Waals surface area contributed by atoms with Gasteiger partial charge >= 0.3 is 0 Å². The number of aliphatic hydroxyl groups is 1. The molecule has 2 bridgehead atoms. The highest BCUT2D eigenvalue weighted by Gasteiger charge is 2.33. The number of aromatic nitrogens is 3. The summed E-state index contributed by atoms with van der Waals surface area (Å²) in [5.74, 6) is 0.626. The Morgan fingerprint density at radius 3 is 2.91 bits per heavy atom. The maximum Gasteiger partial charge on any atom is 0.142 e. The van der Waals surface area contributed by atoms with Crippen molar-refractivity contribution in [1.82, 2.24) is 19.7 Å². The second-order valence-electron chi connectivity index (χ2n) is 8.90. The third kappa shape index (κ3) is 3.39. The van der Waals surface area contributed by atoms with Crippen LogP contribution in [0.4, 0.5) is 10.2 Å². The zero-order valence-corrected chi connectivity index (χ0v) is 19.2. The molecule has 168 valence electrons. The topological polar surface area (TPSA) is 66.2 Å². The lowest BCUT2D eigenvalue weighted by Crippen LogP contribution is -2.23. The molecule has 32 heavy (non-hydrogen) atoms. The van der Waals surface area contributed by atoms with Crippen LogP contribution in [0, 0.1) is 12.7 Å². The molecule has 1 unspecified atom stereocenters. The van der Waals surface area contributed by atoms with E-state index in [-0.39, 0.29) is 29.3 Å². The number of aryl methyl sites for hydroxylation is 1. The molecule has 1 aromatic carbocycles. The number of fused-ring (bicyclic) bond motifs is 4. The predicted molar refractivity (Wildman–Crippen MR) is 124 cm³/mol. The fourth-order valence-corrected chi connectivity index (χ4v) is 5.65. The zero-order valence-electron chi connectivity index (χ0n) is 18.5. The molecule has 2 aliphatic heterocycles. The summed E-state index contributed by atoms with van der Waals surface area (Å²) in [6, 6.07) is 5.50. The molecule has 0 saturated carbocycles. The van der Waals surface area contributed by atoms with Crippen LogP contribution in [0.2, 0.25) is 5.02 Å². The van der Waals surface area contributed by atoms with Crippen molar-refractivity contribution in [1.29, 1.82) is 0 Å². The lowest BCUT2D eigenvalue weighted by Gasteiger charge is -2.27. The van der Waals surface area contributed by atoms with Gasteiger partial charge in [0, 0.05) is 48.4 Å². The van der Waals surface area contributed by atoms with E-state index in [1.54, 1.807) is 0 Å². The van der Waals surface area contributed by atoms with Crippen LogP contribution in [0.1, 0.15) is 46.8 Å². The Morgan fingerprint density at radius 2 is 2.12 bits per heavy atom. The first-order valence-electron chi connectivity index (χ1n) is 11.0. The number of benzene rings is 1. The van der Waals surface area contributed by atoms with Crippen LogP contribution in [0.3, 0.4) is 0 Å². The van der Waals surface area contributed by atoms with Crippen molar-refractivity contribution in [2.75, 3.05) is 25.5 Å². The number of hydrogen-bond donors (Lipinski definition) is 2. The predicted octanol–water partition coefficient (Wildman–Crippen LogP) is 4.30. The van der Waals surface area contributed by atoms with Gasteiger partial charge < -0.3 is 10.4 Å². The summed E-state index contributed by atoms with van der Waals surface area (Å²) in [6.45, 7) is 6.55. The van der Waals surface area contributed by atoms with Crippen molar-refractivity contribution in [2.45, 2.75) is 45.3 Å². The number of rotatable bonds is 2. The number of anilines is 1. The number of nitrogens with zero attached hydrogens (tertiary/aromatic N) is 4. The summed E-state index contributed by atoms with van der Waals surface area (Å²) in [6.07, 6.45) is 1.89. The molecule has 0 saturated heterocycles. The standard InChI is InChI=1S/C24H27ClFN5O/c1-13-18-10-28-24-17(18)8-16(9-27-24)22-14(2)29-31(6-7-32)20(22)12-30(3)11-15-4-5-19(26)23(25)21(13)15/h4-5,8-9,13,18,32H,6-7,10-12H2,1-3H3,(H,27,28)/t13-,18?/m0/s1. The molecule has 0 fully saturated rings. The molecule has 0 spiro atoms. The SMILES string of the molecule is Cc1nn(CCO)c2c1-c1cnc3c(c1)C(CN3)[C@H](C)c1c(ccc(F)c1Cl)CN(C)C2. The minimum Gasteiger partial charge on any atom is -0.394 e. The van der Waals surface area contributed by atoms with Gasteiger partial charge in [-0.25, -0.2) is 9.37 Å². The van der Waals surface area contributed by atoms with Gasteiger partial charge in [0.1, 0.15) is 11.6 Å². The highest BCUT2D eigenvalue weighted by molar-refractivity contribution is 6.31. The minimum atomic E-state index is -0.385. The molecule has 5 rings (SSSR count). The van der Waals surface area contributed by atoms with E-state index in [0.717, 1.165) is 51.6 Å². The fourth-order valence-electron chi connectivity index (χ4n) is 5.30. The maximum atomic E-state index is 14.5. The number of aliphatic hydroxyl groups excluding tert-OH is 1. The number of nitrogens with one attached hydrogen (secondary N) is 1. The van der Waals surface area contributed by atoms with E-state index in [1.807, 2.05) is 30.9 Å². The van der Waals surface area contributed by atoms with Crippen molar-refractivity contribution >= 4 is 17.4 Å². The molecule has 3 aromatic rings. The Balaban J connectivity index is 1.75. The summed E-state index contributed by atoms with van der Waals surface area (Å²) in [5, 5.41) is 17.9. The van der Waals surface area contributed by atoms with Crippen LogP contribution in [-0.4, -0.2) is 45.0 Å². The number of hydrogen-bond acceptors (Lipinski definition) is 5. The molecule has 2 N–H and O–H groups in total. The van der Waals surface area contributed by atoms with Gasteiger partial charge in [-0.1, -0.05) is 24.6 Å². The Kier molecular flexibility index (Phi) is 5.43. The van der Waals surface area contributed by atoms with Crippen LogP contribution in [0.5, 0.6) is 0 Å². The van der Waals surface area contributed by atoms with Crippen molar-refractivity contribution in [2.24, 2.45) is 0 Å². The Labute approximate surface area is 192 Å². The lowest BCUT2D eigenvalue weighted by molar-refractivity contribution is 0.257. The summed E-state index contributed by atoms with van der Waals surface area (Å²) in [7, 11) is 2.04. The van der Waals surface area contributed by atoms with Crippen molar-refractivity contribution < 1.29 is 9.50 Å². The first-order chi connectivity index (χ1) is 15.4. The van der Waals surface area contributed by atoms with Gasteiger partial charge in [-0.3, -0.25) is 9.58 Å². The first-order valence-corrected chi connectivity index (χ1v) is 11.3. The third-order valence-corrected chi connectivity index (χ3v) is 7.17. The second kappa shape index (κ2) is 8.14. The fraction of sp³-hybridized carbons (Fsp3) is 0.417. The van der Waals surface area contributed by atoms with Gasteiger partial charge in [0.15, 0.2) is 0 Å². The molecule has 0 amide bonds. The maximum absolute atomic E-state index is 14.5. The highest BCUT2D eigenvalue weighted by Crippen LogP contribution is 2.45. The second-order valence-corrected chi connectivity index (χ2v) is 9.28. The molecule has 8 heteroatoms. The van der Waals surface area contributed by atoms with Gasteiger partial charge in [-0.05, 0) is 43.1 Å². The van der Waals surface area contributed by atoms with E-state index in [1.165, 1.54) is 6.07 Å². The van der Waals surface area contributed by atoms with E-state index in [2.05, 4.69) is 23.2 Å². The van der Waals surface area contributed by atoms with Crippen LogP contribution < -0.4 is 5.32 Å². The van der Waals surface area contributed by atoms with Crippen LogP contribution in [-0.2, 0) is 19.6 Å². The molecule has 0 radical (unpaired) electrons. The minimum absolute atomic E-state index is 0.0148. The zero-order chi connectivity index (χ0) is 22.6. The normalized spacial score (nSPS) is 20.2. The van der Waals surface area contributed by atoms with Gasteiger partial charge in [0.05, 0.1) is 29.6 Å². The van der Waals surface area contributed by atoms with E-state index in [4.69, 9.17) is 21.7 Å². The third-order valence-electron chi connectivity index (χ3n) is 6.78. The molecular weight excluding hydrogens is 429 g/mol. The Morgan fingerprint density at radius 1 is 1.31 bits per heavy atom. The van der Waals surface area contributed by atoms with Crippen molar-refractivity contribution in [3.63, 3.8) is 0 Å². The highest BCUT2D eigenvalue weighted by atomic mass is 35.5. The smallest absolute Gasteiger partial charge is 0.142 e. The van der Waals surface area contributed by atoms with Gasteiger partial charge in [0.2, 0.25) is 0 Å². The van der Waals surface area contributed by atoms with Gasteiger partial charge in [0.25, 0.3) is 0 Å². The summed E-state index contributed by atoms with van der Waals surface area (Å²) < 4.78 is 16.4. The summed E-state index contributed by atoms with van der Waals surface area (Å²) in [4.78, 5) is 6.90. The summed E-state index contributed by atoms with van der Waals surface area (Å²) >= 11 is 6.55. The van der Waals surface area contributed by atoms with Crippen LogP contribution in [0.15, 0.2) is 24.4 Å². The van der Waals surface area contributed by atoms with Crippen LogP contribution in [0.25, 0.3) is 11.1 Å². The van der Waals surface area contributed by atoms with Crippen LogP contribution >= 0.6 is 11.6 Å². The average Bonchev–Trinajstić information content (AvgIpc) is 3.30. The van der Waals surface area contributed by atoms with E-state index in [0.29, 0.717) is 19.6 Å². The Hall–Kier alpha value is -2.48. The molecule has 2 aliphatic rings. The lowest BCUT2D eigenvalue weighted by atomic mass is 9.81. The average molecular weight is 456 g/mol. The van der Waals surface area contributed by atoms with E-state index in [9.17, 15) is 9.50 Å². The monoisotopic (exact) mass is 455 g/mol. The number of pyridine rings is 1. The molecular formula is C24H27ClFN5O. The largest absolute Gasteiger partial charge is 0.394 e. The van der Waals surface area contributed by atoms with Gasteiger partial charge in [-0.15, -0.1) is 0 Å². The van der Waals surface area contributed by atoms with Crippen molar-refractivity contribution in [3.05, 3.63) is 63.3 Å². The van der Waals surface area contributed by atoms with Crippen molar-refractivity contribution in [3.8, 4) is 11.1 Å². The Bertz CT molecular complexity index is 1190. The van der Waals surface area contributed by atoms with Gasteiger partial charge in [-0.2, -0.15) is 5.10 Å². The molecule has 6 nitrogen and oxygen atoms in total. The molecule has 2 atom stereocenters. The first kappa shape index (κ1) is 21.4. The number of halogens is 2. The summed E-state index contributed by atoms with van der Waals surface area (Å²) in [5.41, 5.74) is 7.04. The molecule has 2 aromatic heterocycles. The van der Waals surface area contributed by atoms with E-state index >= 15 is 0 Å².